The third kappa shape index (κ3) is 2.47. The van der Waals surface area contributed by atoms with Crippen LogP contribution in [0.1, 0.15) is 27.2 Å². The van der Waals surface area contributed by atoms with Crippen LogP contribution in [-0.4, -0.2) is 35.3 Å². The fourth-order valence-electron chi connectivity index (χ4n) is 2.27. The second kappa shape index (κ2) is 4.68. The van der Waals surface area contributed by atoms with Crippen LogP contribution < -0.4 is 4.90 Å². The highest BCUT2D eigenvalue weighted by Gasteiger charge is 2.37. The summed E-state index contributed by atoms with van der Waals surface area (Å²) in [5.74, 6) is -0.0659. The molecule has 0 aromatic carbocycles. The SMILES string of the molecule is COC(=O)C1CC(=O)N(c2ccnn2C(C)(C)C)C1. The van der Waals surface area contributed by atoms with E-state index in [4.69, 9.17) is 4.74 Å². The molecule has 104 valence electrons. The van der Waals surface area contributed by atoms with Gasteiger partial charge in [0.25, 0.3) is 0 Å². The van der Waals surface area contributed by atoms with E-state index in [0.29, 0.717) is 6.54 Å². The van der Waals surface area contributed by atoms with E-state index in [1.54, 1.807) is 21.8 Å². The van der Waals surface area contributed by atoms with Crippen LogP contribution in [0.4, 0.5) is 5.82 Å². The normalized spacial score (nSPS) is 19.9. The van der Waals surface area contributed by atoms with Crippen LogP contribution in [0.15, 0.2) is 12.3 Å². The molecular weight excluding hydrogens is 246 g/mol. The number of hydrogen-bond acceptors (Lipinski definition) is 4. The number of methoxy groups -OCH3 is 1. The Labute approximate surface area is 112 Å². The minimum atomic E-state index is -0.388. The van der Waals surface area contributed by atoms with Gasteiger partial charge in [0.15, 0.2) is 0 Å². The van der Waals surface area contributed by atoms with Crippen molar-refractivity contribution in [2.45, 2.75) is 32.7 Å². The Hall–Kier alpha value is -1.85. The largest absolute Gasteiger partial charge is 0.469 e. The summed E-state index contributed by atoms with van der Waals surface area (Å²) in [4.78, 5) is 25.2. The molecule has 0 radical (unpaired) electrons. The fraction of sp³-hybridized carbons (Fsp3) is 0.615. The summed E-state index contributed by atoms with van der Waals surface area (Å²) in [6.45, 7) is 6.40. The summed E-state index contributed by atoms with van der Waals surface area (Å²) in [5.41, 5.74) is -0.220. The van der Waals surface area contributed by atoms with E-state index in [9.17, 15) is 9.59 Å². The van der Waals surface area contributed by atoms with Gasteiger partial charge in [-0.3, -0.25) is 14.5 Å². The third-order valence-electron chi connectivity index (χ3n) is 3.19. The molecule has 1 atom stereocenters. The van der Waals surface area contributed by atoms with Gasteiger partial charge < -0.3 is 4.74 Å². The van der Waals surface area contributed by atoms with Gasteiger partial charge in [0.2, 0.25) is 5.91 Å². The number of esters is 1. The van der Waals surface area contributed by atoms with Crippen molar-refractivity contribution in [1.82, 2.24) is 9.78 Å². The quantitative estimate of drug-likeness (QED) is 0.753. The summed E-state index contributed by atoms with van der Waals surface area (Å²) in [5, 5.41) is 4.26. The van der Waals surface area contributed by atoms with Crippen LogP contribution >= 0.6 is 0 Å². The van der Waals surface area contributed by atoms with Gasteiger partial charge in [-0.25, -0.2) is 4.68 Å². The van der Waals surface area contributed by atoms with Crippen molar-refractivity contribution in [1.29, 1.82) is 0 Å². The molecule has 0 saturated carbocycles. The van der Waals surface area contributed by atoms with Crippen LogP contribution in [-0.2, 0) is 19.9 Å². The van der Waals surface area contributed by atoms with E-state index in [1.165, 1.54) is 7.11 Å². The molecule has 2 heterocycles. The predicted octanol–water partition coefficient (Wildman–Crippen LogP) is 1.16. The lowest BCUT2D eigenvalue weighted by Crippen LogP contribution is -2.33. The Morgan fingerprint density at radius 3 is 2.74 bits per heavy atom. The molecule has 6 heteroatoms. The summed E-state index contributed by atoms with van der Waals surface area (Å²) < 4.78 is 6.50. The maximum Gasteiger partial charge on any atom is 0.311 e. The molecule has 1 aliphatic rings. The first-order valence-corrected chi connectivity index (χ1v) is 6.27. The molecule has 0 spiro atoms. The lowest BCUT2D eigenvalue weighted by Gasteiger charge is -2.26. The molecule has 19 heavy (non-hydrogen) atoms. The zero-order valence-electron chi connectivity index (χ0n) is 11.7. The first-order chi connectivity index (χ1) is 8.84. The Kier molecular flexibility index (Phi) is 3.34. The molecule has 0 bridgehead atoms. The summed E-state index contributed by atoms with van der Waals surface area (Å²) in [6, 6.07) is 1.79. The molecule has 0 aliphatic carbocycles. The minimum absolute atomic E-state index is 0.0681. The van der Waals surface area contributed by atoms with E-state index in [0.717, 1.165) is 5.82 Å². The number of ether oxygens (including phenoxy) is 1. The molecule has 1 aliphatic heterocycles. The highest BCUT2D eigenvalue weighted by molar-refractivity contribution is 5.98. The number of anilines is 1. The van der Waals surface area contributed by atoms with Gasteiger partial charge >= 0.3 is 5.97 Å². The topological polar surface area (TPSA) is 64.4 Å². The van der Waals surface area contributed by atoms with E-state index in [-0.39, 0.29) is 29.8 Å². The molecule has 1 saturated heterocycles. The van der Waals surface area contributed by atoms with E-state index < -0.39 is 0 Å². The van der Waals surface area contributed by atoms with Gasteiger partial charge in [0.05, 0.1) is 24.8 Å². The van der Waals surface area contributed by atoms with Crippen LogP contribution in [0.25, 0.3) is 0 Å². The van der Waals surface area contributed by atoms with Gasteiger partial charge in [0, 0.05) is 19.0 Å². The molecule has 0 N–H and O–H groups in total. The van der Waals surface area contributed by atoms with Gasteiger partial charge in [-0.15, -0.1) is 0 Å². The third-order valence-corrected chi connectivity index (χ3v) is 3.19. The van der Waals surface area contributed by atoms with E-state index in [2.05, 4.69) is 5.10 Å². The number of rotatable bonds is 2. The lowest BCUT2D eigenvalue weighted by molar-refractivity contribution is -0.145. The minimum Gasteiger partial charge on any atom is -0.469 e. The summed E-state index contributed by atoms with van der Waals surface area (Å²) in [7, 11) is 1.34. The zero-order valence-corrected chi connectivity index (χ0v) is 11.7. The second-order valence-electron chi connectivity index (χ2n) is 5.70. The van der Waals surface area contributed by atoms with Crippen molar-refractivity contribution in [2.24, 2.45) is 5.92 Å². The Bertz CT molecular complexity index is 501. The standard InChI is InChI=1S/C13H19N3O3/c1-13(2,3)16-10(5-6-14-16)15-8-9(7-11(15)17)12(18)19-4/h5-6,9H,7-8H2,1-4H3. The molecule has 1 unspecified atom stereocenters. The van der Waals surface area contributed by atoms with E-state index >= 15 is 0 Å². The van der Waals surface area contributed by atoms with Crippen molar-refractivity contribution in [3.63, 3.8) is 0 Å². The number of hydrogen-bond donors (Lipinski definition) is 0. The highest BCUT2D eigenvalue weighted by atomic mass is 16.5. The Morgan fingerprint density at radius 2 is 2.16 bits per heavy atom. The molecule has 1 aromatic rings. The molecule has 6 nitrogen and oxygen atoms in total. The van der Waals surface area contributed by atoms with Crippen molar-refractivity contribution in [3.8, 4) is 0 Å². The van der Waals surface area contributed by atoms with Crippen LogP contribution in [0.5, 0.6) is 0 Å². The Balaban J connectivity index is 2.27. The lowest BCUT2D eigenvalue weighted by atomic mass is 10.1. The number of nitrogens with zero attached hydrogens (tertiary/aromatic N) is 3. The number of aromatic nitrogens is 2. The fourth-order valence-corrected chi connectivity index (χ4v) is 2.27. The van der Waals surface area contributed by atoms with Gasteiger partial charge in [-0.1, -0.05) is 0 Å². The van der Waals surface area contributed by atoms with Gasteiger partial charge in [0.1, 0.15) is 5.82 Å². The molecule has 1 aromatic heterocycles. The summed E-state index contributed by atoms with van der Waals surface area (Å²) >= 11 is 0. The Morgan fingerprint density at radius 1 is 1.47 bits per heavy atom. The zero-order chi connectivity index (χ0) is 14.2. The van der Waals surface area contributed by atoms with Crippen molar-refractivity contribution in [2.75, 3.05) is 18.6 Å². The number of amides is 1. The molecule has 2 rings (SSSR count). The van der Waals surface area contributed by atoms with Crippen molar-refractivity contribution in [3.05, 3.63) is 12.3 Å². The first kappa shape index (κ1) is 13.6. The average molecular weight is 265 g/mol. The van der Waals surface area contributed by atoms with Gasteiger partial charge in [-0.2, -0.15) is 5.10 Å². The smallest absolute Gasteiger partial charge is 0.311 e. The van der Waals surface area contributed by atoms with E-state index in [1.807, 2.05) is 20.8 Å². The maximum atomic E-state index is 12.1. The van der Waals surface area contributed by atoms with Crippen molar-refractivity contribution < 1.29 is 14.3 Å². The monoisotopic (exact) mass is 265 g/mol. The van der Waals surface area contributed by atoms with Gasteiger partial charge in [-0.05, 0) is 20.8 Å². The predicted molar refractivity (Wildman–Crippen MR) is 69.7 cm³/mol. The molecular formula is C13H19N3O3. The average Bonchev–Trinajstić information content (AvgIpc) is 2.92. The molecule has 1 fully saturated rings. The summed E-state index contributed by atoms with van der Waals surface area (Å²) in [6.07, 6.45) is 1.86. The first-order valence-electron chi connectivity index (χ1n) is 6.27. The molecule has 1 amide bonds. The van der Waals surface area contributed by atoms with Crippen molar-refractivity contribution >= 4 is 17.7 Å². The second-order valence-corrected chi connectivity index (χ2v) is 5.70. The number of carbonyl (C=O) groups is 2. The van der Waals surface area contributed by atoms with Crippen LogP contribution in [0, 0.1) is 5.92 Å². The maximum absolute atomic E-state index is 12.1. The van der Waals surface area contributed by atoms with Crippen LogP contribution in [0.2, 0.25) is 0 Å². The highest BCUT2D eigenvalue weighted by Crippen LogP contribution is 2.29. The number of carbonyl (C=O) groups excluding carboxylic acids is 2. The van der Waals surface area contributed by atoms with Crippen LogP contribution in [0.3, 0.4) is 0 Å².